The molecule has 0 aliphatic heterocycles. The Labute approximate surface area is 102 Å². The summed E-state index contributed by atoms with van der Waals surface area (Å²) in [6.07, 6.45) is 0. The van der Waals surface area contributed by atoms with Gasteiger partial charge in [0.1, 0.15) is 0 Å². The number of tetrazole rings is 1. The second kappa shape index (κ2) is 4.48. The molecule has 0 fully saturated rings. The normalized spacial score (nSPS) is 15.0. The van der Waals surface area contributed by atoms with Gasteiger partial charge in [-0.15, -0.1) is 16.4 Å². The molecule has 2 aromatic heterocycles. The first-order valence-corrected chi connectivity index (χ1v) is 6.07. The van der Waals surface area contributed by atoms with Crippen LogP contribution in [0.1, 0.15) is 36.6 Å². The zero-order valence-corrected chi connectivity index (χ0v) is 10.5. The van der Waals surface area contributed by atoms with Gasteiger partial charge in [-0.2, -0.15) is 0 Å². The average molecular weight is 258 g/mol. The lowest BCUT2D eigenvalue weighted by Crippen LogP contribution is -2.17. The number of aromatic nitrogens is 4. The fraction of sp³-hybridized carbons (Fsp3) is 0.444. The summed E-state index contributed by atoms with van der Waals surface area (Å²) in [6.45, 7) is 3.88. The Morgan fingerprint density at radius 1 is 1.44 bits per heavy atom. The number of thiophene rings is 1. The van der Waals surface area contributed by atoms with Crippen LogP contribution in [0.15, 0.2) is 12.1 Å². The topological polar surface area (TPSA) is 69.6 Å². The summed E-state index contributed by atoms with van der Waals surface area (Å²) in [5, 5.41) is 11.5. The van der Waals surface area contributed by atoms with Gasteiger partial charge in [-0.25, -0.2) is 4.68 Å². The molecular weight excluding hydrogens is 246 g/mol. The molecule has 0 saturated heterocycles. The van der Waals surface area contributed by atoms with E-state index in [4.69, 9.17) is 17.3 Å². The molecule has 0 aromatic carbocycles. The van der Waals surface area contributed by atoms with E-state index in [2.05, 4.69) is 15.5 Å². The van der Waals surface area contributed by atoms with Crippen LogP contribution in [-0.2, 0) is 0 Å². The molecule has 0 radical (unpaired) electrons. The molecule has 2 aromatic rings. The van der Waals surface area contributed by atoms with Crippen molar-refractivity contribution >= 4 is 22.9 Å². The van der Waals surface area contributed by atoms with E-state index in [1.165, 1.54) is 11.3 Å². The highest BCUT2D eigenvalue weighted by molar-refractivity contribution is 7.16. The first kappa shape index (κ1) is 11.5. The molecule has 2 atom stereocenters. The van der Waals surface area contributed by atoms with Crippen molar-refractivity contribution in [2.24, 2.45) is 5.73 Å². The maximum Gasteiger partial charge on any atom is 0.168 e. The lowest BCUT2D eigenvalue weighted by Gasteiger charge is -2.12. The van der Waals surface area contributed by atoms with Crippen LogP contribution in [0.4, 0.5) is 0 Å². The van der Waals surface area contributed by atoms with E-state index in [1.54, 1.807) is 4.68 Å². The van der Waals surface area contributed by atoms with Crippen molar-refractivity contribution in [1.29, 1.82) is 0 Å². The van der Waals surface area contributed by atoms with E-state index in [9.17, 15) is 0 Å². The van der Waals surface area contributed by atoms with Gasteiger partial charge in [-0.3, -0.25) is 0 Å². The lowest BCUT2D eigenvalue weighted by molar-refractivity contribution is 0.510. The van der Waals surface area contributed by atoms with Gasteiger partial charge in [0.15, 0.2) is 5.82 Å². The monoisotopic (exact) mass is 257 g/mol. The van der Waals surface area contributed by atoms with Crippen molar-refractivity contribution < 1.29 is 0 Å². The second-order valence-corrected chi connectivity index (χ2v) is 5.33. The largest absolute Gasteiger partial charge is 0.322 e. The van der Waals surface area contributed by atoms with Crippen LogP contribution in [0.3, 0.4) is 0 Å². The second-order valence-electron chi connectivity index (χ2n) is 3.59. The number of rotatable bonds is 3. The molecule has 2 unspecified atom stereocenters. The summed E-state index contributed by atoms with van der Waals surface area (Å²) in [7, 11) is 0. The van der Waals surface area contributed by atoms with Crippen molar-refractivity contribution in [1.82, 2.24) is 20.2 Å². The molecule has 0 aliphatic rings. The molecule has 2 N–H and O–H groups in total. The standard InChI is InChI=1S/C9H12ClN5S/c1-5(11)9-12-13-14-15(9)6(2)7-3-4-8(10)16-7/h3-6H,11H2,1-2H3. The third kappa shape index (κ3) is 2.09. The van der Waals surface area contributed by atoms with Gasteiger partial charge in [0.25, 0.3) is 0 Å². The van der Waals surface area contributed by atoms with Crippen molar-refractivity contribution in [3.05, 3.63) is 27.2 Å². The summed E-state index contributed by atoms with van der Waals surface area (Å²) in [5.74, 6) is 0.678. The fourth-order valence-corrected chi connectivity index (χ4v) is 2.55. The van der Waals surface area contributed by atoms with Gasteiger partial charge in [-0.05, 0) is 36.4 Å². The smallest absolute Gasteiger partial charge is 0.168 e. The molecule has 5 nitrogen and oxygen atoms in total. The summed E-state index contributed by atoms with van der Waals surface area (Å²) in [6, 6.07) is 3.71. The van der Waals surface area contributed by atoms with Crippen LogP contribution in [0.25, 0.3) is 0 Å². The van der Waals surface area contributed by atoms with Gasteiger partial charge in [0.2, 0.25) is 0 Å². The Morgan fingerprint density at radius 2 is 2.19 bits per heavy atom. The Morgan fingerprint density at radius 3 is 2.75 bits per heavy atom. The third-order valence-corrected chi connectivity index (χ3v) is 3.70. The molecule has 0 amide bonds. The van der Waals surface area contributed by atoms with Gasteiger partial charge in [0.05, 0.1) is 16.4 Å². The van der Waals surface area contributed by atoms with Gasteiger partial charge in [0, 0.05) is 4.88 Å². The predicted octanol–water partition coefficient (Wildman–Crippen LogP) is 2.02. The van der Waals surface area contributed by atoms with Crippen LogP contribution in [0.5, 0.6) is 0 Å². The lowest BCUT2D eigenvalue weighted by atomic mass is 10.2. The van der Waals surface area contributed by atoms with Crippen LogP contribution in [-0.4, -0.2) is 20.2 Å². The molecule has 7 heteroatoms. The first-order chi connectivity index (χ1) is 7.59. The van der Waals surface area contributed by atoms with Crippen LogP contribution in [0.2, 0.25) is 4.34 Å². The predicted molar refractivity (Wildman–Crippen MR) is 63.6 cm³/mol. The third-order valence-electron chi connectivity index (χ3n) is 2.30. The quantitative estimate of drug-likeness (QED) is 0.913. The molecule has 2 rings (SSSR count). The zero-order chi connectivity index (χ0) is 11.7. The highest BCUT2D eigenvalue weighted by atomic mass is 35.5. The SMILES string of the molecule is CC(N)c1nnnn1C(C)c1ccc(Cl)s1. The van der Waals surface area contributed by atoms with E-state index >= 15 is 0 Å². The summed E-state index contributed by atoms with van der Waals surface area (Å²) < 4.78 is 2.49. The number of nitrogens with zero attached hydrogens (tertiary/aromatic N) is 4. The Kier molecular flexibility index (Phi) is 3.22. The zero-order valence-electron chi connectivity index (χ0n) is 8.96. The highest BCUT2D eigenvalue weighted by Gasteiger charge is 2.18. The molecule has 0 saturated carbocycles. The van der Waals surface area contributed by atoms with Crippen LogP contribution < -0.4 is 5.73 Å². The van der Waals surface area contributed by atoms with Crippen LogP contribution >= 0.6 is 22.9 Å². The van der Waals surface area contributed by atoms with E-state index in [0.29, 0.717) is 5.82 Å². The van der Waals surface area contributed by atoms with Crippen molar-refractivity contribution in [2.45, 2.75) is 25.9 Å². The summed E-state index contributed by atoms with van der Waals surface area (Å²) in [5.41, 5.74) is 5.79. The minimum Gasteiger partial charge on any atom is -0.322 e. The number of nitrogens with two attached hydrogens (primary N) is 1. The molecule has 0 bridgehead atoms. The minimum absolute atomic E-state index is 0.0495. The molecule has 0 aliphatic carbocycles. The van der Waals surface area contributed by atoms with E-state index in [0.717, 1.165) is 9.21 Å². The van der Waals surface area contributed by atoms with E-state index in [1.807, 2.05) is 26.0 Å². The Hall–Kier alpha value is -0.980. The maximum absolute atomic E-state index is 5.90. The molecule has 16 heavy (non-hydrogen) atoms. The molecular formula is C9H12ClN5S. The average Bonchev–Trinajstić information content (AvgIpc) is 2.84. The van der Waals surface area contributed by atoms with E-state index in [-0.39, 0.29) is 12.1 Å². The number of halogens is 1. The Balaban J connectivity index is 2.33. The van der Waals surface area contributed by atoms with Crippen molar-refractivity contribution in [3.63, 3.8) is 0 Å². The van der Waals surface area contributed by atoms with Crippen molar-refractivity contribution in [2.75, 3.05) is 0 Å². The molecule has 86 valence electrons. The van der Waals surface area contributed by atoms with Gasteiger partial charge < -0.3 is 5.73 Å². The van der Waals surface area contributed by atoms with Crippen molar-refractivity contribution in [3.8, 4) is 0 Å². The fourth-order valence-electron chi connectivity index (χ4n) is 1.45. The summed E-state index contributed by atoms with van der Waals surface area (Å²) >= 11 is 7.42. The molecule has 0 spiro atoms. The molecule has 2 heterocycles. The maximum atomic E-state index is 5.90. The highest BCUT2D eigenvalue weighted by Crippen LogP contribution is 2.29. The van der Waals surface area contributed by atoms with Crippen LogP contribution in [0, 0.1) is 0 Å². The van der Waals surface area contributed by atoms with Gasteiger partial charge >= 0.3 is 0 Å². The number of hydrogen-bond acceptors (Lipinski definition) is 5. The first-order valence-electron chi connectivity index (χ1n) is 4.88. The van der Waals surface area contributed by atoms with Gasteiger partial charge in [-0.1, -0.05) is 11.6 Å². The van der Waals surface area contributed by atoms with E-state index < -0.39 is 0 Å². The Bertz CT molecular complexity index is 478. The minimum atomic E-state index is -0.187. The number of hydrogen-bond donors (Lipinski definition) is 1. The summed E-state index contributed by atoms with van der Waals surface area (Å²) in [4.78, 5) is 1.11.